The van der Waals surface area contributed by atoms with Crippen molar-refractivity contribution in [2.45, 2.75) is 19.9 Å². The fraction of sp³-hybridized carbons (Fsp3) is 0.500. The lowest BCUT2D eigenvalue weighted by molar-refractivity contribution is -0.120. The van der Waals surface area contributed by atoms with Crippen molar-refractivity contribution in [2.24, 2.45) is 0 Å². The molecule has 2 N–H and O–H groups in total. The van der Waals surface area contributed by atoms with E-state index in [9.17, 15) is 4.79 Å². The molecule has 82 valence electrons. The third-order valence-corrected chi connectivity index (χ3v) is 1.85. The zero-order valence-electron chi connectivity index (χ0n) is 8.86. The molecule has 0 aliphatic rings. The van der Waals surface area contributed by atoms with Gasteiger partial charge in [0.15, 0.2) is 0 Å². The first kappa shape index (κ1) is 11.6. The summed E-state index contributed by atoms with van der Waals surface area (Å²) in [5.74, 6) is 0.0781. The highest BCUT2D eigenvalue weighted by Gasteiger charge is 1.98. The first-order valence-corrected chi connectivity index (χ1v) is 5.04. The fourth-order valence-corrected chi connectivity index (χ4v) is 1.14. The van der Waals surface area contributed by atoms with Gasteiger partial charge >= 0.3 is 0 Å². The van der Waals surface area contributed by atoms with Crippen molar-refractivity contribution in [1.82, 2.24) is 20.6 Å². The molecule has 1 amide bonds. The van der Waals surface area contributed by atoms with E-state index in [-0.39, 0.29) is 5.91 Å². The Morgan fingerprint density at radius 3 is 2.80 bits per heavy atom. The molecule has 0 aliphatic heterocycles. The van der Waals surface area contributed by atoms with Crippen molar-refractivity contribution >= 4 is 5.91 Å². The van der Waals surface area contributed by atoms with E-state index in [2.05, 4.69) is 20.6 Å². The number of aromatic nitrogens is 2. The molecule has 5 heteroatoms. The molecule has 1 rings (SSSR count). The molecule has 1 heterocycles. The van der Waals surface area contributed by atoms with E-state index in [1.165, 1.54) is 6.33 Å². The maximum atomic E-state index is 11.1. The molecule has 0 aliphatic carbocycles. The van der Waals surface area contributed by atoms with Gasteiger partial charge in [0.25, 0.3) is 0 Å². The van der Waals surface area contributed by atoms with Crippen LogP contribution in [0.5, 0.6) is 0 Å². The molecule has 1 aromatic heterocycles. The van der Waals surface area contributed by atoms with Crippen LogP contribution in [0.1, 0.15) is 18.9 Å². The zero-order valence-corrected chi connectivity index (χ0v) is 8.86. The van der Waals surface area contributed by atoms with Crippen molar-refractivity contribution in [3.63, 3.8) is 0 Å². The molecule has 0 saturated carbocycles. The molecule has 0 radical (unpaired) electrons. The highest BCUT2D eigenvalue weighted by atomic mass is 16.1. The van der Waals surface area contributed by atoms with Crippen molar-refractivity contribution in [3.05, 3.63) is 24.3 Å². The topological polar surface area (TPSA) is 66.9 Å². The van der Waals surface area contributed by atoms with Crippen molar-refractivity contribution in [1.29, 1.82) is 0 Å². The summed E-state index contributed by atoms with van der Waals surface area (Å²) in [5.41, 5.74) is 1.02. The number of carbonyl (C=O) groups excluding carboxylic acids is 1. The smallest absolute Gasteiger partial charge is 0.221 e. The molecule has 0 aromatic carbocycles. The highest BCUT2D eigenvalue weighted by molar-refractivity contribution is 5.75. The molecule has 0 saturated heterocycles. The van der Waals surface area contributed by atoms with E-state index in [1.807, 2.05) is 6.92 Å². The molecule has 15 heavy (non-hydrogen) atoms. The molecular weight excluding hydrogens is 192 g/mol. The van der Waals surface area contributed by atoms with Crippen LogP contribution >= 0.6 is 0 Å². The van der Waals surface area contributed by atoms with Crippen LogP contribution in [0.15, 0.2) is 18.7 Å². The number of carbonyl (C=O) groups is 1. The summed E-state index contributed by atoms with van der Waals surface area (Å²) in [4.78, 5) is 18.9. The Hall–Kier alpha value is -1.49. The lowest BCUT2D eigenvalue weighted by atomic mass is 10.3. The summed E-state index contributed by atoms with van der Waals surface area (Å²) in [6, 6.07) is 0. The molecule has 0 atom stereocenters. The first-order chi connectivity index (χ1) is 7.33. The molecule has 0 spiro atoms. The second-order valence-corrected chi connectivity index (χ2v) is 3.13. The number of amides is 1. The lowest BCUT2D eigenvalue weighted by Gasteiger charge is -2.04. The predicted molar refractivity (Wildman–Crippen MR) is 57.0 cm³/mol. The number of nitrogens with zero attached hydrogens (tertiary/aromatic N) is 2. The lowest BCUT2D eigenvalue weighted by Crippen LogP contribution is -2.27. The quantitative estimate of drug-likeness (QED) is 0.650. The summed E-state index contributed by atoms with van der Waals surface area (Å²) < 4.78 is 0. The van der Waals surface area contributed by atoms with E-state index in [0.717, 1.165) is 5.56 Å². The normalized spacial score (nSPS) is 9.93. The molecule has 0 unspecified atom stereocenters. The van der Waals surface area contributed by atoms with Gasteiger partial charge in [-0.1, -0.05) is 0 Å². The van der Waals surface area contributed by atoms with E-state index in [1.54, 1.807) is 12.4 Å². The third kappa shape index (κ3) is 5.07. The van der Waals surface area contributed by atoms with Gasteiger partial charge in [0.2, 0.25) is 5.91 Å². The van der Waals surface area contributed by atoms with Crippen LogP contribution in [0.3, 0.4) is 0 Å². The summed E-state index contributed by atoms with van der Waals surface area (Å²) in [5, 5.41) is 5.89. The van der Waals surface area contributed by atoms with E-state index in [0.29, 0.717) is 26.1 Å². The Morgan fingerprint density at radius 2 is 2.13 bits per heavy atom. The summed E-state index contributed by atoms with van der Waals surface area (Å²) in [6.45, 7) is 3.96. The second kappa shape index (κ2) is 6.89. The monoisotopic (exact) mass is 208 g/mol. The van der Waals surface area contributed by atoms with Gasteiger partial charge < -0.3 is 10.6 Å². The number of rotatable bonds is 6. The van der Waals surface area contributed by atoms with Gasteiger partial charge in [-0.3, -0.25) is 4.79 Å². The van der Waals surface area contributed by atoms with Crippen molar-refractivity contribution < 1.29 is 4.79 Å². The van der Waals surface area contributed by atoms with Crippen LogP contribution in [-0.4, -0.2) is 29.0 Å². The largest absolute Gasteiger partial charge is 0.356 e. The Kier molecular flexibility index (Phi) is 5.32. The fourth-order valence-electron chi connectivity index (χ4n) is 1.14. The average molecular weight is 208 g/mol. The molecule has 1 aromatic rings. The van der Waals surface area contributed by atoms with Gasteiger partial charge in [-0.25, -0.2) is 9.97 Å². The average Bonchev–Trinajstić information content (AvgIpc) is 2.26. The zero-order chi connectivity index (χ0) is 10.9. The molecule has 0 fully saturated rings. The minimum atomic E-state index is 0.0781. The minimum absolute atomic E-state index is 0.0781. The van der Waals surface area contributed by atoms with Crippen molar-refractivity contribution in [2.75, 3.05) is 13.1 Å². The molecule has 0 bridgehead atoms. The van der Waals surface area contributed by atoms with E-state index in [4.69, 9.17) is 0 Å². The van der Waals surface area contributed by atoms with Gasteiger partial charge in [0, 0.05) is 44.0 Å². The van der Waals surface area contributed by atoms with Crippen LogP contribution in [0.4, 0.5) is 0 Å². The van der Waals surface area contributed by atoms with Crippen molar-refractivity contribution in [3.8, 4) is 0 Å². The predicted octanol–water partition coefficient (Wildman–Crippen LogP) is 0.0924. The SMILES string of the molecule is CCNC(=O)CCNCc1cncnc1. The first-order valence-electron chi connectivity index (χ1n) is 5.04. The maximum Gasteiger partial charge on any atom is 0.221 e. The van der Waals surface area contributed by atoms with Crippen LogP contribution in [0.2, 0.25) is 0 Å². The van der Waals surface area contributed by atoms with Crippen LogP contribution in [0, 0.1) is 0 Å². The highest BCUT2D eigenvalue weighted by Crippen LogP contribution is 1.91. The second-order valence-electron chi connectivity index (χ2n) is 3.13. The number of nitrogens with one attached hydrogen (secondary N) is 2. The third-order valence-electron chi connectivity index (χ3n) is 1.85. The van der Waals surface area contributed by atoms with Gasteiger partial charge in [-0.15, -0.1) is 0 Å². The van der Waals surface area contributed by atoms with Crippen LogP contribution in [0.25, 0.3) is 0 Å². The minimum Gasteiger partial charge on any atom is -0.356 e. The van der Waals surface area contributed by atoms with Gasteiger partial charge in [-0.05, 0) is 6.92 Å². The van der Waals surface area contributed by atoms with Gasteiger partial charge in [-0.2, -0.15) is 0 Å². The Morgan fingerprint density at radius 1 is 1.40 bits per heavy atom. The van der Waals surface area contributed by atoms with E-state index >= 15 is 0 Å². The molecular formula is C10H16N4O. The van der Waals surface area contributed by atoms with Gasteiger partial charge in [0.05, 0.1) is 0 Å². The number of hydrogen-bond donors (Lipinski definition) is 2. The Balaban J connectivity index is 2.10. The van der Waals surface area contributed by atoms with E-state index < -0.39 is 0 Å². The summed E-state index contributed by atoms with van der Waals surface area (Å²) in [6.07, 6.45) is 5.51. The van der Waals surface area contributed by atoms with Crippen LogP contribution in [-0.2, 0) is 11.3 Å². The Labute approximate surface area is 89.3 Å². The standard InChI is InChI=1S/C10H16N4O/c1-2-14-10(15)3-4-11-5-9-6-12-8-13-7-9/h6-8,11H,2-5H2,1H3,(H,14,15). The summed E-state index contributed by atoms with van der Waals surface area (Å²) in [7, 11) is 0. The Bertz CT molecular complexity index is 289. The van der Waals surface area contributed by atoms with Crippen LogP contribution < -0.4 is 10.6 Å². The molecule has 5 nitrogen and oxygen atoms in total. The van der Waals surface area contributed by atoms with Gasteiger partial charge in [0.1, 0.15) is 6.33 Å². The summed E-state index contributed by atoms with van der Waals surface area (Å²) >= 11 is 0. The maximum absolute atomic E-state index is 11.1. The number of hydrogen-bond acceptors (Lipinski definition) is 4.